The summed E-state index contributed by atoms with van der Waals surface area (Å²) in [5.41, 5.74) is 2.26. The number of amides is 1. The van der Waals surface area contributed by atoms with Crippen molar-refractivity contribution in [3.63, 3.8) is 0 Å². The van der Waals surface area contributed by atoms with Gasteiger partial charge in [0.25, 0.3) is 5.91 Å². The molecule has 0 saturated heterocycles. The number of nitrogens with one attached hydrogen (secondary N) is 1. The Bertz CT molecular complexity index is 768. The van der Waals surface area contributed by atoms with Crippen LogP contribution < -0.4 is 10.1 Å². The van der Waals surface area contributed by atoms with Crippen LogP contribution in [-0.2, 0) is 13.0 Å². The van der Waals surface area contributed by atoms with Gasteiger partial charge in [-0.05, 0) is 50.2 Å². The number of rotatable bonds is 5. The highest BCUT2D eigenvalue weighted by atomic mass is 35.5. The van der Waals surface area contributed by atoms with Crippen LogP contribution in [0.15, 0.2) is 24.4 Å². The molecule has 0 unspecified atom stereocenters. The molecule has 2 aromatic rings. The number of nitrogens with zero attached hydrogens (tertiary/aromatic N) is 2. The molecule has 4 rings (SSSR count). The maximum atomic E-state index is 12.8. The Morgan fingerprint density at radius 2 is 2.25 bits per heavy atom. The van der Waals surface area contributed by atoms with Crippen LogP contribution in [-0.4, -0.2) is 22.3 Å². The van der Waals surface area contributed by atoms with Crippen LogP contribution >= 0.6 is 11.6 Å². The molecule has 2 heterocycles. The van der Waals surface area contributed by atoms with Gasteiger partial charge in [0.05, 0.1) is 29.2 Å². The molecule has 0 spiro atoms. The van der Waals surface area contributed by atoms with Crippen molar-refractivity contribution in [1.29, 1.82) is 0 Å². The topological polar surface area (TPSA) is 56.2 Å². The van der Waals surface area contributed by atoms with Gasteiger partial charge in [0.1, 0.15) is 11.3 Å². The maximum Gasteiger partial charge on any atom is 0.261 e. The number of fused-ring (bicyclic) bond motifs is 1. The fraction of sp³-hybridized carbons (Fsp3) is 0.444. The van der Waals surface area contributed by atoms with Gasteiger partial charge in [-0.2, -0.15) is 5.10 Å². The minimum absolute atomic E-state index is 0.243. The van der Waals surface area contributed by atoms with Crippen LogP contribution in [0.4, 0.5) is 5.69 Å². The van der Waals surface area contributed by atoms with Crippen molar-refractivity contribution in [1.82, 2.24) is 9.78 Å². The summed E-state index contributed by atoms with van der Waals surface area (Å²) in [6, 6.07) is 5.33. The van der Waals surface area contributed by atoms with Gasteiger partial charge in [-0.25, -0.2) is 0 Å². The van der Waals surface area contributed by atoms with E-state index in [1.165, 1.54) is 12.8 Å². The van der Waals surface area contributed by atoms with Gasteiger partial charge in [0.15, 0.2) is 0 Å². The fourth-order valence-corrected chi connectivity index (χ4v) is 3.30. The van der Waals surface area contributed by atoms with Gasteiger partial charge in [0, 0.05) is 6.54 Å². The summed E-state index contributed by atoms with van der Waals surface area (Å²) in [5, 5.41) is 7.72. The van der Waals surface area contributed by atoms with E-state index in [1.807, 2.05) is 10.7 Å². The van der Waals surface area contributed by atoms with E-state index in [9.17, 15) is 4.79 Å². The highest BCUT2D eigenvalue weighted by molar-refractivity contribution is 6.35. The third-order valence-corrected chi connectivity index (χ3v) is 4.92. The second kappa shape index (κ2) is 6.48. The monoisotopic (exact) mass is 345 g/mol. The molecule has 6 heteroatoms. The van der Waals surface area contributed by atoms with Crippen molar-refractivity contribution in [2.45, 2.75) is 38.6 Å². The number of anilines is 1. The lowest BCUT2D eigenvalue weighted by molar-refractivity contribution is 0.102. The van der Waals surface area contributed by atoms with E-state index < -0.39 is 0 Å². The number of hydrogen-bond donors (Lipinski definition) is 1. The average Bonchev–Trinajstić information content (AvgIpc) is 3.34. The van der Waals surface area contributed by atoms with Gasteiger partial charge in [-0.15, -0.1) is 0 Å². The first-order valence-corrected chi connectivity index (χ1v) is 8.87. The number of aryl methyl sites for hydroxylation is 1. The molecule has 0 bridgehead atoms. The number of carbonyl (C=O) groups excluding carboxylic acids is 1. The van der Waals surface area contributed by atoms with E-state index in [0.29, 0.717) is 28.9 Å². The number of aromatic nitrogens is 2. The predicted octanol–water partition coefficient (Wildman–Crippen LogP) is 3.91. The van der Waals surface area contributed by atoms with Crippen LogP contribution in [0.1, 0.15) is 41.7 Å². The minimum atomic E-state index is -0.243. The molecule has 1 aromatic heterocycles. The van der Waals surface area contributed by atoms with E-state index >= 15 is 0 Å². The molecule has 1 amide bonds. The van der Waals surface area contributed by atoms with Gasteiger partial charge < -0.3 is 10.1 Å². The van der Waals surface area contributed by atoms with Crippen LogP contribution in [0.2, 0.25) is 5.02 Å². The van der Waals surface area contributed by atoms with E-state index in [2.05, 4.69) is 10.4 Å². The van der Waals surface area contributed by atoms with Crippen LogP contribution in [0.3, 0.4) is 0 Å². The van der Waals surface area contributed by atoms with E-state index in [1.54, 1.807) is 18.3 Å². The number of hydrogen-bond acceptors (Lipinski definition) is 3. The average molecular weight is 346 g/mol. The lowest BCUT2D eigenvalue weighted by Gasteiger charge is -2.16. The van der Waals surface area contributed by atoms with E-state index in [4.69, 9.17) is 16.3 Å². The number of halogens is 1. The minimum Gasteiger partial charge on any atom is -0.492 e. The molecule has 126 valence electrons. The summed E-state index contributed by atoms with van der Waals surface area (Å²) >= 11 is 6.28. The molecule has 24 heavy (non-hydrogen) atoms. The normalized spacial score (nSPS) is 16.5. The lowest BCUT2D eigenvalue weighted by atomic mass is 10.1. The lowest BCUT2D eigenvalue weighted by Crippen LogP contribution is -2.17. The van der Waals surface area contributed by atoms with Gasteiger partial charge in [0.2, 0.25) is 0 Å². The highest BCUT2D eigenvalue weighted by Crippen LogP contribution is 2.33. The SMILES string of the molecule is O=C(Nc1cnn2c1CCCC2)c1c(Cl)cccc1OCC1CC1. The summed E-state index contributed by atoms with van der Waals surface area (Å²) in [4.78, 5) is 12.8. The predicted molar refractivity (Wildman–Crippen MR) is 92.8 cm³/mol. The zero-order chi connectivity index (χ0) is 16.5. The summed E-state index contributed by atoms with van der Waals surface area (Å²) < 4.78 is 7.80. The van der Waals surface area contributed by atoms with Crippen LogP contribution in [0.25, 0.3) is 0 Å². The van der Waals surface area contributed by atoms with Crippen molar-refractivity contribution in [3.05, 3.63) is 40.7 Å². The zero-order valence-corrected chi connectivity index (χ0v) is 14.2. The summed E-state index contributed by atoms with van der Waals surface area (Å²) in [6.07, 6.45) is 7.31. The molecule has 0 radical (unpaired) electrons. The smallest absolute Gasteiger partial charge is 0.261 e. The van der Waals surface area contributed by atoms with Crippen molar-refractivity contribution < 1.29 is 9.53 Å². The van der Waals surface area contributed by atoms with Gasteiger partial charge >= 0.3 is 0 Å². The van der Waals surface area contributed by atoms with Crippen molar-refractivity contribution >= 4 is 23.2 Å². The third-order valence-electron chi connectivity index (χ3n) is 4.60. The standard InChI is InChI=1S/C18H20ClN3O2/c19-13-4-3-6-16(24-11-12-7-8-12)17(13)18(23)21-14-10-20-22-9-2-1-5-15(14)22/h3-4,6,10,12H,1-2,5,7-9,11H2,(H,21,23). The molecule has 2 aliphatic rings. The molecule has 5 nitrogen and oxygen atoms in total. The second-order valence-electron chi connectivity index (χ2n) is 6.51. The zero-order valence-electron chi connectivity index (χ0n) is 13.4. The fourth-order valence-electron chi connectivity index (χ4n) is 3.05. The first-order chi connectivity index (χ1) is 11.7. The molecule has 1 fully saturated rings. The first-order valence-electron chi connectivity index (χ1n) is 8.49. The Labute approximate surface area is 145 Å². The number of carbonyl (C=O) groups is 1. The third kappa shape index (κ3) is 3.13. The van der Waals surface area contributed by atoms with Crippen LogP contribution in [0, 0.1) is 5.92 Å². The Kier molecular flexibility index (Phi) is 4.19. The first kappa shape index (κ1) is 15.5. The van der Waals surface area contributed by atoms with Crippen molar-refractivity contribution in [3.8, 4) is 5.75 Å². The Morgan fingerprint density at radius 3 is 3.08 bits per heavy atom. The highest BCUT2D eigenvalue weighted by Gasteiger charge is 2.25. The molecule has 1 aliphatic carbocycles. The molecule has 1 aromatic carbocycles. The summed E-state index contributed by atoms with van der Waals surface area (Å²) in [7, 11) is 0. The van der Waals surface area contributed by atoms with Crippen LogP contribution in [0.5, 0.6) is 5.75 Å². The maximum absolute atomic E-state index is 12.8. The Balaban J connectivity index is 1.56. The number of ether oxygens (including phenoxy) is 1. The van der Waals surface area contributed by atoms with Gasteiger partial charge in [-0.3, -0.25) is 9.48 Å². The number of benzene rings is 1. The Hall–Kier alpha value is -2.01. The quantitative estimate of drug-likeness (QED) is 0.893. The Morgan fingerprint density at radius 1 is 1.38 bits per heavy atom. The van der Waals surface area contributed by atoms with Crippen molar-refractivity contribution in [2.24, 2.45) is 5.92 Å². The largest absolute Gasteiger partial charge is 0.492 e. The molecule has 0 atom stereocenters. The molecule has 1 saturated carbocycles. The molecular weight excluding hydrogens is 326 g/mol. The summed E-state index contributed by atoms with van der Waals surface area (Å²) in [5.74, 6) is 0.920. The molecule has 1 N–H and O–H groups in total. The van der Waals surface area contributed by atoms with E-state index in [0.717, 1.165) is 37.2 Å². The molecule has 1 aliphatic heterocycles. The van der Waals surface area contributed by atoms with E-state index in [-0.39, 0.29) is 5.91 Å². The van der Waals surface area contributed by atoms with Crippen molar-refractivity contribution in [2.75, 3.05) is 11.9 Å². The van der Waals surface area contributed by atoms with Gasteiger partial charge in [-0.1, -0.05) is 17.7 Å². The second-order valence-corrected chi connectivity index (χ2v) is 6.91. The summed E-state index contributed by atoms with van der Waals surface area (Å²) in [6.45, 7) is 1.55. The molecular formula is C18H20ClN3O2.